The maximum Gasteiger partial charge on any atom is 0.416 e. The summed E-state index contributed by atoms with van der Waals surface area (Å²) in [6.07, 6.45) is -6.29. The number of nitrogens with zero attached hydrogens (tertiary/aromatic N) is 3. The van der Waals surface area contributed by atoms with Crippen LogP contribution in [0.5, 0.6) is 0 Å². The van der Waals surface area contributed by atoms with Gasteiger partial charge in [-0.1, -0.05) is 6.07 Å². The number of fused-ring (bicyclic) bond motifs is 1. The molecule has 1 unspecified atom stereocenters. The van der Waals surface area contributed by atoms with Crippen LogP contribution in [0.15, 0.2) is 36.4 Å². The lowest BCUT2D eigenvalue weighted by Gasteiger charge is -2.37. The molecule has 2 aliphatic rings. The van der Waals surface area contributed by atoms with Gasteiger partial charge in [-0.05, 0) is 37.3 Å². The third-order valence-corrected chi connectivity index (χ3v) is 6.11. The molecule has 1 saturated heterocycles. The van der Waals surface area contributed by atoms with Crippen LogP contribution in [-0.4, -0.2) is 60.5 Å². The van der Waals surface area contributed by atoms with Gasteiger partial charge in [-0.15, -0.1) is 0 Å². The third-order valence-electron chi connectivity index (χ3n) is 6.11. The summed E-state index contributed by atoms with van der Waals surface area (Å²) in [5.41, 5.74) is 0.715. The molecule has 6 nitrogen and oxygen atoms in total. The van der Waals surface area contributed by atoms with E-state index >= 15 is 0 Å². The molecule has 0 radical (unpaired) electrons. The second-order valence-corrected chi connectivity index (χ2v) is 8.12. The summed E-state index contributed by atoms with van der Waals surface area (Å²) in [4.78, 5) is 30.0. The van der Waals surface area contributed by atoms with Crippen molar-refractivity contribution in [2.75, 3.05) is 42.5 Å². The average Bonchev–Trinajstić information content (AvgIpc) is 2.79. The summed E-state index contributed by atoms with van der Waals surface area (Å²) >= 11 is 0. The molecule has 1 N–H and O–H groups in total. The molecule has 10 heteroatoms. The van der Waals surface area contributed by atoms with Gasteiger partial charge >= 0.3 is 6.18 Å². The smallest absolute Gasteiger partial charge is 0.376 e. The standard InChI is InChI=1S/C23H23F4N3O3/c1-2-30-19-6-5-16(12-17(19)20(31)21(32)22(30)33)29-9-7-28(8-10-29)13-14-3-4-15(11-18(14)24)23(25,26)27/h3-6,11-12,21,32H,2,7-10,13H2,1H3. The number of likely N-dealkylation sites (N-methyl/N-ethyl adjacent to an activating group) is 1. The van der Waals surface area contributed by atoms with Crippen LogP contribution in [-0.2, 0) is 17.5 Å². The molecule has 0 bridgehead atoms. The number of aliphatic hydroxyl groups excluding tert-OH is 1. The Kier molecular flexibility index (Phi) is 6.15. The molecular formula is C23H23F4N3O3. The molecule has 1 fully saturated rings. The number of rotatable bonds is 4. The fraction of sp³-hybridized carbons (Fsp3) is 0.391. The van der Waals surface area contributed by atoms with E-state index in [2.05, 4.69) is 0 Å². The Bertz CT molecular complexity index is 1080. The molecule has 33 heavy (non-hydrogen) atoms. The van der Waals surface area contributed by atoms with Gasteiger partial charge in [-0.2, -0.15) is 13.2 Å². The Morgan fingerprint density at radius 1 is 1.03 bits per heavy atom. The number of aliphatic hydroxyl groups is 1. The van der Waals surface area contributed by atoms with Crippen molar-refractivity contribution in [1.82, 2.24) is 4.90 Å². The summed E-state index contributed by atoms with van der Waals surface area (Å²) in [6.45, 7) is 4.51. The number of ketones is 1. The Morgan fingerprint density at radius 3 is 2.33 bits per heavy atom. The van der Waals surface area contributed by atoms with E-state index in [0.29, 0.717) is 44.5 Å². The molecule has 2 aromatic rings. The Hall–Kier alpha value is -2.98. The number of hydrogen-bond donors (Lipinski definition) is 1. The summed E-state index contributed by atoms with van der Waals surface area (Å²) in [5, 5.41) is 10.0. The quantitative estimate of drug-likeness (QED) is 0.556. The van der Waals surface area contributed by atoms with Crippen molar-refractivity contribution >= 4 is 23.1 Å². The number of carbonyl (C=O) groups excluding carboxylic acids is 2. The number of halogens is 4. The van der Waals surface area contributed by atoms with E-state index < -0.39 is 35.4 Å². The molecule has 4 rings (SSSR count). The van der Waals surface area contributed by atoms with E-state index in [4.69, 9.17) is 0 Å². The van der Waals surface area contributed by atoms with Crippen LogP contribution in [0.4, 0.5) is 28.9 Å². The first-order chi connectivity index (χ1) is 15.6. The zero-order chi connectivity index (χ0) is 23.9. The van der Waals surface area contributed by atoms with Crippen molar-refractivity contribution < 1.29 is 32.3 Å². The number of amides is 1. The third kappa shape index (κ3) is 4.45. The van der Waals surface area contributed by atoms with Crippen LogP contribution in [0.2, 0.25) is 0 Å². The highest BCUT2D eigenvalue weighted by atomic mass is 19.4. The number of alkyl halides is 3. The second kappa shape index (κ2) is 8.75. The molecule has 2 heterocycles. The van der Waals surface area contributed by atoms with Crippen molar-refractivity contribution in [3.05, 3.63) is 58.9 Å². The maximum absolute atomic E-state index is 14.2. The van der Waals surface area contributed by atoms with Gasteiger partial charge in [0, 0.05) is 56.1 Å². The maximum atomic E-state index is 14.2. The SMILES string of the molecule is CCN1C(=O)C(O)C(=O)c2cc(N3CCN(Cc4ccc(C(F)(F)F)cc4F)CC3)ccc21. The van der Waals surface area contributed by atoms with E-state index in [1.54, 1.807) is 19.1 Å². The Balaban J connectivity index is 1.44. The highest BCUT2D eigenvalue weighted by Crippen LogP contribution is 2.33. The van der Waals surface area contributed by atoms with E-state index in [1.165, 1.54) is 11.0 Å². The molecule has 0 spiro atoms. The van der Waals surface area contributed by atoms with Crippen LogP contribution < -0.4 is 9.80 Å². The van der Waals surface area contributed by atoms with Gasteiger partial charge in [0.1, 0.15) is 5.82 Å². The summed E-state index contributed by atoms with van der Waals surface area (Å²) in [5.74, 6) is -2.14. The van der Waals surface area contributed by atoms with E-state index in [1.807, 2.05) is 15.9 Å². The first-order valence-corrected chi connectivity index (χ1v) is 10.6. The number of Topliss-reactive ketones (excluding diaryl/α,β-unsaturated/α-hetero) is 1. The van der Waals surface area contributed by atoms with E-state index in [0.717, 1.165) is 11.8 Å². The minimum Gasteiger partial charge on any atom is -0.376 e. The van der Waals surface area contributed by atoms with Crippen LogP contribution in [0.1, 0.15) is 28.4 Å². The van der Waals surface area contributed by atoms with Gasteiger partial charge in [0.25, 0.3) is 5.91 Å². The van der Waals surface area contributed by atoms with E-state index in [9.17, 15) is 32.3 Å². The number of hydrogen-bond acceptors (Lipinski definition) is 5. The topological polar surface area (TPSA) is 64.1 Å². The van der Waals surface area contributed by atoms with Crippen molar-refractivity contribution in [2.24, 2.45) is 0 Å². The van der Waals surface area contributed by atoms with Gasteiger partial charge in [-0.3, -0.25) is 14.5 Å². The van der Waals surface area contributed by atoms with E-state index in [-0.39, 0.29) is 17.7 Å². The highest BCUT2D eigenvalue weighted by molar-refractivity contribution is 6.23. The first kappa shape index (κ1) is 23.2. The van der Waals surface area contributed by atoms with Gasteiger partial charge in [-0.25, -0.2) is 4.39 Å². The minimum absolute atomic E-state index is 0.195. The minimum atomic E-state index is -4.58. The molecule has 0 aromatic heterocycles. The summed E-state index contributed by atoms with van der Waals surface area (Å²) < 4.78 is 52.4. The molecule has 1 atom stereocenters. The van der Waals surface area contributed by atoms with Crippen LogP contribution in [0, 0.1) is 5.82 Å². The predicted molar refractivity (Wildman–Crippen MR) is 114 cm³/mol. The highest BCUT2D eigenvalue weighted by Gasteiger charge is 2.38. The number of anilines is 2. The molecule has 1 amide bonds. The molecule has 2 aromatic carbocycles. The zero-order valence-corrected chi connectivity index (χ0v) is 17.9. The van der Waals surface area contributed by atoms with Gasteiger partial charge in [0.2, 0.25) is 5.78 Å². The molecule has 176 valence electrons. The second-order valence-electron chi connectivity index (χ2n) is 8.12. The van der Waals surface area contributed by atoms with Crippen LogP contribution in [0.3, 0.4) is 0 Å². The van der Waals surface area contributed by atoms with Crippen LogP contribution >= 0.6 is 0 Å². The number of benzene rings is 2. The monoisotopic (exact) mass is 465 g/mol. The number of carbonyl (C=O) groups is 2. The molecule has 2 aliphatic heterocycles. The molecular weight excluding hydrogens is 442 g/mol. The first-order valence-electron chi connectivity index (χ1n) is 10.6. The summed E-state index contributed by atoms with van der Waals surface area (Å²) in [7, 11) is 0. The van der Waals surface area contributed by atoms with Crippen molar-refractivity contribution in [3.63, 3.8) is 0 Å². The van der Waals surface area contributed by atoms with Crippen molar-refractivity contribution in [1.29, 1.82) is 0 Å². The fourth-order valence-electron chi connectivity index (χ4n) is 4.26. The number of piperazine rings is 1. The normalized spacial score (nSPS) is 19.8. The summed E-state index contributed by atoms with van der Waals surface area (Å²) in [6, 6.07) is 7.75. The zero-order valence-electron chi connectivity index (χ0n) is 17.9. The van der Waals surface area contributed by atoms with Gasteiger partial charge in [0.05, 0.1) is 11.3 Å². The Labute approximate surface area is 188 Å². The van der Waals surface area contributed by atoms with Crippen molar-refractivity contribution in [3.8, 4) is 0 Å². The molecule has 0 saturated carbocycles. The van der Waals surface area contributed by atoms with Gasteiger partial charge in [0.15, 0.2) is 6.10 Å². The fourth-order valence-corrected chi connectivity index (χ4v) is 4.26. The Morgan fingerprint density at radius 2 is 1.73 bits per heavy atom. The predicted octanol–water partition coefficient (Wildman–Crippen LogP) is 3.08. The lowest BCUT2D eigenvalue weighted by atomic mass is 9.96. The largest absolute Gasteiger partial charge is 0.416 e. The van der Waals surface area contributed by atoms with Crippen LogP contribution in [0.25, 0.3) is 0 Å². The lowest BCUT2D eigenvalue weighted by Crippen LogP contribution is -2.48. The average molecular weight is 465 g/mol. The lowest BCUT2D eigenvalue weighted by molar-refractivity contribution is -0.137. The molecule has 0 aliphatic carbocycles. The van der Waals surface area contributed by atoms with Crippen molar-refractivity contribution in [2.45, 2.75) is 25.7 Å². The van der Waals surface area contributed by atoms with Gasteiger partial charge < -0.3 is 14.9 Å².